The number of hydrogen-bond acceptors (Lipinski definition) is 11. The van der Waals surface area contributed by atoms with Crippen LogP contribution >= 0.6 is 0 Å². The quantitative estimate of drug-likeness (QED) is 0.281. The van der Waals surface area contributed by atoms with Crippen LogP contribution in [0.15, 0.2) is 42.5 Å². The number of carbonyl (C=O) groups is 3. The van der Waals surface area contributed by atoms with Gasteiger partial charge in [-0.3, -0.25) is 9.59 Å². The predicted octanol–water partition coefficient (Wildman–Crippen LogP) is 2.31. The van der Waals surface area contributed by atoms with E-state index in [1.54, 1.807) is 58.4 Å². The lowest BCUT2D eigenvalue weighted by Crippen LogP contribution is -2.63. The Bertz CT molecular complexity index is 1190. The largest absolute Gasteiger partial charge is 0.462 e. The topological polar surface area (TPSA) is 161 Å². The summed E-state index contributed by atoms with van der Waals surface area (Å²) in [5.74, 6) is -2.74. The fourth-order valence-electron chi connectivity index (χ4n) is 6.57. The Hall–Kier alpha value is -2.74. The standard InChI is InChI=1S/C34H53N3O9/c1-8-28-25(18-37-13-12-35-19-37)15-20(2)9-10-26(39)21(3)16-24(11-14-38)33(22(4)27(40)17-29(41)45-28)46-34-32(43)30(36(6)7)31(42)23(5)44-34/h9-10,12-15,19,21-25,27-28,30-34,40,42-43H,8,11,16-18H2,1-7H3/b10-9+,20-15+/t21-,22+,23-,24+,25-,27-,28-,30+,31-,32-,33-,34+/m1/s1. The van der Waals surface area contributed by atoms with Crippen LogP contribution in [0, 0.1) is 23.7 Å². The molecule has 3 rings (SSSR count). The smallest absolute Gasteiger partial charge is 0.308 e. The summed E-state index contributed by atoms with van der Waals surface area (Å²) in [4.78, 5) is 44.4. The molecule has 12 nitrogen and oxygen atoms in total. The molecule has 1 aromatic heterocycles. The lowest BCUT2D eigenvalue weighted by molar-refractivity contribution is -0.304. The van der Waals surface area contributed by atoms with Crippen molar-refractivity contribution in [1.82, 2.24) is 14.5 Å². The number of allylic oxidation sites excluding steroid dienone is 3. The number of esters is 1. The van der Waals surface area contributed by atoms with Gasteiger partial charge in [-0.05, 0) is 52.8 Å². The third-order valence-corrected chi connectivity index (χ3v) is 9.33. The number of hydrogen-bond donors (Lipinski definition) is 3. The zero-order valence-electron chi connectivity index (χ0n) is 28.1. The number of imidazole rings is 1. The first-order valence-corrected chi connectivity index (χ1v) is 16.3. The van der Waals surface area contributed by atoms with Gasteiger partial charge in [-0.25, -0.2) is 4.98 Å². The van der Waals surface area contributed by atoms with Crippen molar-refractivity contribution in [1.29, 1.82) is 0 Å². The number of likely N-dealkylation sites (N-methyl/N-ethyl adjacent to an activating group) is 1. The first-order valence-electron chi connectivity index (χ1n) is 16.3. The molecule has 0 saturated carbocycles. The molecule has 0 spiro atoms. The van der Waals surface area contributed by atoms with Crippen LogP contribution in [-0.4, -0.2) is 111 Å². The second-order valence-electron chi connectivity index (χ2n) is 13.2. The molecule has 2 aliphatic heterocycles. The van der Waals surface area contributed by atoms with Crippen molar-refractivity contribution >= 4 is 18.0 Å². The third kappa shape index (κ3) is 9.88. The zero-order chi connectivity index (χ0) is 34.1. The molecule has 1 saturated heterocycles. The lowest BCUT2D eigenvalue weighted by atomic mass is 9.79. The maximum absolute atomic E-state index is 13.3. The fourth-order valence-corrected chi connectivity index (χ4v) is 6.57. The van der Waals surface area contributed by atoms with Crippen LogP contribution in [-0.2, 0) is 35.1 Å². The van der Waals surface area contributed by atoms with Crippen molar-refractivity contribution in [3.63, 3.8) is 0 Å². The number of ketones is 1. The maximum atomic E-state index is 13.3. The van der Waals surface area contributed by atoms with Gasteiger partial charge in [-0.2, -0.15) is 0 Å². The number of aldehydes is 1. The number of nitrogens with zero attached hydrogens (tertiary/aromatic N) is 3. The summed E-state index contributed by atoms with van der Waals surface area (Å²) >= 11 is 0. The Morgan fingerprint density at radius 3 is 2.46 bits per heavy atom. The van der Waals surface area contributed by atoms with Crippen LogP contribution in [0.5, 0.6) is 0 Å². The van der Waals surface area contributed by atoms with Crippen molar-refractivity contribution in [3.8, 4) is 0 Å². The highest BCUT2D eigenvalue weighted by atomic mass is 16.7. The minimum Gasteiger partial charge on any atom is -0.462 e. The first-order chi connectivity index (χ1) is 21.8. The van der Waals surface area contributed by atoms with E-state index in [0.717, 1.165) is 11.9 Å². The Morgan fingerprint density at radius 1 is 1.13 bits per heavy atom. The molecule has 0 aromatic carbocycles. The number of cyclic esters (lactones) is 1. The molecule has 46 heavy (non-hydrogen) atoms. The average Bonchev–Trinajstić information content (AvgIpc) is 3.51. The highest BCUT2D eigenvalue weighted by Crippen LogP contribution is 2.34. The van der Waals surface area contributed by atoms with E-state index in [2.05, 4.69) is 4.98 Å². The lowest BCUT2D eigenvalue weighted by Gasteiger charge is -2.46. The molecule has 1 fully saturated rings. The van der Waals surface area contributed by atoms with Crippen molar-refractivity contribution in [3.05, 3.63) is 42.5 Å². The van der Waals surface area contributed by atoms with Crippen molar-refractivity contribution in [2.75, 3.05) is 14.1 Å². The highest BCUT2D eigenvalue weighted by Gasteiger charge is 2.47. The van der Waals surface area contributed by atoms with Gasteiger partial charge in [0.15, 0.2) is 12.1 Å². The van der Waals surface area contributed by atoms with Gasteiger partial charge >= 0.3 is 5.97 Å². The number of ether oxygens (including phenoxy) is 3. The van der Waals surface area contributed by atoms with Gasteiger partial charge in [0.1, 0.15) is 18.5 Å². The number of rotatable bonds is 8. The van der Waals surface area contributed by atoms with Gasteiger partial charge < -0.3 is 43.8 Å². The van der Waals surface area contributed by atoms with Gasteiger partial charge in [0.2, 0.25) is 0 Å². The Morgan fingerprint density at radius 2 is 1.85 bits per heavy atom. The summed E-state index contributed by atoms with van der Waals surface area (Å²) < 4.78 is 20.2. The molecule has 12 heteroatoms. The SMILES string of the molecule is CC[C@H]1OC(=O)C[C@@H](O)[C@H](C)[C@@H](O[C@@H]2O[C@H](C)[C@@H](O)[C@H](N(C)C)[C@H]2O)[C@@H](CC=O)C[C@@H](C)C(=O)/C=C/C(C)=C/[C@@H]1Cn1ccnc1. The summed E-state index contributed by atoms with van der Waals surface area (Å²) in [5, 5.41) is 33.3. The molecule has 3 heterocycles. The summed E-state index contributed by atoms with van der Waals surface area (Å²) in [5.41, 5.74) is 0.821. The maximum Gasteiger partial charge on any atom is 0.308 e. The first kappa shape index (κ1) is 37.7. The van der Waals surface area contributed by atoms with E-state index in [9.17, 15) is 29.7 Å². The second-order valence-corrected chi connectivity index (χ2v) is 13.2. The number of aromatic nitrogens is 2. The minimum absolute atomic E-state index is 0.0123. The summed E-state index contributed by atoms with van der Waals surface area (Å²) in [6, 6.07) is -0.706. The fraction of sp³-hybridized carbons (Fsp3) is 0.706. The number of carbonyl (C=O) groups excluding carboxylic acids is 3. The van der Waals surface area contributed by atoms with Gasteiger partial charge in [0.05, 0.1) is 43.2 Å². The van der Waals surface area contributed by atoms with Crippen molar-refractivity contribution in [2.45, 2.75) is 116 Å². The van der Waals surface area contributed by atoms with E-state index in [0.29, 0.717) is 13.0 Å². The molecular weight excluding hydrogens is 594 g/mol. The van der Waals surface area contributed by atoms with E-state index in [1.165, 1.54) is 6.08 Å². The van der Waals surface area contributed by atoms with Gasteiger partial charge in [0.25, 0.3) is 0 Å². The second kappa shape index (κ2) is 17.4. The molecule has 258 valence electrons. The van der Waals surface area contributed by atoms with E-state index < -0.39 is 72.7 Å². The monoisotopic (exact) mass is 647 g/mol. The van der Waals surface area contributed by atoms with E-state index in [-0.39, 0.29) is 31.0 Å². The van der Waals surface area contributed by atoms with E-state index in [4.69, 9.17) is 14.2 Å². The van der Waals surface area contributed by atoms with E-state index in [1.807, 2.05) is 30.7 Å². The molecule has 1 aromatic rings. The minimum atomic E-state index is -1.26. The van der Waals surface area contributed by atoms with Crippen LogP contribution in [0.3, 0.4) is 0 Å². The normalized spacial score (nSPS) is 39.0. The molecule has 3 N–H and O–H groups in total. The van der Waals surface area contributed by atoms with Crippen LogP contribution < -0.4 is 0 Å². The molecular formula is C34H53N3O9. The molecule has 0 aliphatic carbocycles. The highest BCUT2D eigenvalue weighted by molar-refractivity contribution is 5.91. The zero-order valence-corrected chi connectivity index (χ0v) is 28.1. The van der Waals surface area contributed by atoms with Crippen LogP contribution in [0.25, 0.3) is 0 Å². The van der Waals surface area contributed by atoms with Gasteiger partial charge in [0, 0.05) is 43.1 Å². The summed E-state index contributed by atoms with van der Waals surface area (Å²) in [6.07, 6.45) is 4.83. The van der Waals surface area contributed by atoms with Crippen molar-refractivity contribution < 1.29 is 43.9 Å². The number of aliphatic hydroxyl groups is 3. The van der Waals surface area contributed by atoms with Crippen LogP contribution in [0.2, 0.25) is 0 Å². The number of aliphatic hydroxyl groups excluding tert-OH is 3. The molecule has 0 amide bonds. The van der Waals surface area contributed by atoms with Crippen LogP contribution in [0.1, 0.15) is 60.3 Å². The summed E-state index contributed by atoms with van der Waals surface area (Å²) in [6.45, 7) is 9.46. The Labute approximate surface area is 272 Å². The predicted molar refractivity (Wildman–Crippen MR) is 170 cm³/mol. The Balaban J connectivity index is 1.99. The third-order valence-electron chi connectivity index (χ3n) is 9.33. The molecule has 0 radical (unpaired) electrons. The molecule has 0 unspecified atom stereocenters. The van der Waals surface area contributed by atoms with Gasteiger partial charge in [-0.15, -0.1) is 0 Å². The Kier molecular flexibility index (Phi) is 14.3. The van der Waals surface area contributed by atoms with E-state index >= 15 is 0 Å². The average molecular weight is 648 g/mol. The molecule has 0 bridgehead atoms. The molecule has 12 atom stereocenters. The van der Waals surface area contributed by atoms with Crippen molar-refractivity contribution in [2.24, 2.45) is 23.7 Å². The van der Waals surface area contributed by atoms with Crippen LogP contribution in [0.4, 0.5) is 0 Å². The molecule has 2 aliphatic rings. The van der Waals surface area contributed by atoms with Gasteiger partial charge in [-0.1, -0.05) is 38.5 Å². The summed E-state index contributed by atoms with van der Waals surface area (Å²) in [7, 11) is 3.46.